The van der Waals surface area contributed by atoms with Crippen LogP contribution in [0.3, 0.4) is 0 Å². The summed E-state index contributed by atoms with van der Waals surface area (Å²) in [7, 11) is 3.13. The highest BCUT2D eigenvalue weighted by Crippen LogP contribution is 2.31. The van der Waals surface area contributed by atoms with E-state index in [-0.39, 0.29) is 5.56 Å². The van der Waals surface area contributed by atoms with Gasteiger partial charge in [0.1, 0.15) is 10.5 Å². The number of methoxy groups -OCH3 is 2. The van der Waals surface area contributed by atoms with E-state index in [9.17, 15) is 4.79 Å². The largest absolute Gasteiger partial charge is 0.493 e. The Bertz CT molecular complexity index is 1240. The van der Waals surface area contributed by atoms with E-state index in [1.54, 1.807) is 26.4 Å². The number of nitrogens with zero attached hydrogens (tertiary/aromatic N) is 2. The van der Waals surface area contributed by atoms with Gasteiger partial charge in [-0.3, -0.25) is 9.36 Å². The third kappa shape index (κ3) is 3.02. The summed E-state index contributed by atoms with van der Waals surface area (Å²) in [6, 6.07) is 15.0. The van der Waals surface area contributed by atoms with E-state index < -0.39 is 0 Å². The van der Waals surface area contributed by atoms with E-state index in [0.717, 1.165) is 5.69 Å². The number of aromatic nitrogens is 3. The van der Waals surface area contributed by atoms with Gasteiger partial charge in [0.15, 0.2) is 21.1 Å². The van der Waals surface area contributed by atoms with Gasteiger partial charge in [0.05, 0.1) is 14.2 Å². The van der Waals surface area contributed by atoms with Crippen LogP contribution in [0.4, 0.5) is 0 Å². The van der Waals surface area contributed by atoms with Crippen LogP contribution >= 0.6 is 23.6 Å². The lowest BCUT2D eigenvalue weighted by Crippen LogP contribution is -2.09. The number of aromatic amines is 1. The number of hydrogen-bond acceptors (Lipinski definition) is 6. The molecule has 0 aliphatic rings. The van der Waals surface area contributed by atoms with Crippen molar-refractivity contribution in [1.29, 1.82) is 0 Å². The van der Waals surface area contributed by atoms with Gasteiger partial charge in [-0.05, 0) is 42.5 Å². The Balaban J connectivity index is 1.97. The number of rotatable bonds is 4. The molecule has 0 fully saturated rings. The molecule has 6 nitrogen and oxygen atoms in total. The molecule has 0 radical (unpaired) electrons. The summed E-state index contributed by atoms with van der Waals surface area (Å²) in [6.45, 7) is 0. The fraction of sp³-hybridized carbons (Fsp3) is 0.105. The first-order valence-corrected chi connectivity index (χ1v) is 9.28. The predicted molar refractivity (Wildman–Crippen MR) is 109 cm³/mol. The van der Waals surface area contributed by atoms with E-state index in [4.69, 9.17) is 21.7 Å². The molecule has 0 amide bonds. The highest BCUT2D eigenvalue weighted by Gasteiger charge is 2.15. The normalized spacial score (nSPS) is 10.9. The fourth-order valence-electron chi connectivity index (χ4n) is 2.84. The van der Waals surface area contributed by atoms with E-state index in [0.29, 0.717) is 37.2 Å². The molecule has 0 saturated heterocycles. The summed E-state index contributed by atoms with van der Waals surface area (Å²) in [5.74, 6) is 1.60. The summed E-state index contributed by atoms with van der Waals surface area (Å²) in [4.78, 5) is 20.2. The van der Waals surface area contributed by atoms with Gasteiger partial charge in [-0.2, -0.15) is 0 Å². The van der Waals surface area contributed by atoms with Crippen LogP contribution in [0.25, 0.3) is 27.4 Å². The van der Waals surface area contributed by atoms with Crippen LogP contribution in [0.1, 0.15) is 0 Å². The minimum Gasteiger partial charge on any atom is -0.493 e. The number of ether oxygens (including phenoxy) is 2. The molecule has 2 heterocycles. The second kappa shape index (κ2) is 6.98. The molecule has 8 heteroatoms. The number of H-pyrrole nitrogens is 1. The summed E-state index contributed by atoms with van der Waals surface area (Å²) in [5, 5.41) is 0. The van der Waals surface area contributed by atoms with Crippen molar-refractivity contribution in [2.45, 2.75) is 0 Å². The van der Waals surface area contributed by atoms with Crippen LogP contribution in [0.2, 0.25) is 0 Å². The van der Waals surface area contributed by atoms with Crippen LogP contribution in [0.15, 0.2) is 53.3 Å². The second-order valence-corrected chi connectivity index (χ2v) is 7.32. The van der Waals surface area contributed by atoms with Crippen molar-refractivity contribution >= 4 is 33.9 Å². The zero-order chi connectivity index (χ0) is 19.0. The van der Waals surface area contributed by atoms with Crippen molar-refractivity contribution in [2.24, 2.45) is 0 Å². The van der Waals surface area contributed by atoms with Crippen LogP contribution in [-0.4, -0.2) is 28.8 Å². The number of nitrogens with one attached hydrogen (secondary N) is 1. The minimum atomic E-state index is -0.226. The first-order valence-electron chi connectivity index (χ1n) is 8.06. The van der Waals surface area contributed by atoms with Crippen LogP contribution in [0.5, 0.6) is 11.5 Å². The lowest BCUT2D eigenvalue weighted by atomic mass is 10.2. The van der Waals surface area contributed by atoms with Crippen LogP contribution in [-0.2, 0) is 0 Å². The summed E-state index contributed by atoms with van der Waals surface area (Å²) < 4.78 is 13.5. The van der Waals surface area contributed by atoms with Crippen molar-refractivity contribution in [3.05, 3.63) is 62.8 Å². The maximum absolute atomic E-state index is 12.6. The molecule has 4 aromatic rings. The monoisotopic (exact) mass is 397 g/mol. The van der Waals surface area contributed by atoms with Crippen molar-refractivity contribution in [2.75, 3.05) is 14.2 Å². The molecule has 0 bridgehead atoms. The Kier molecular flexibility index (Phi) is 4.51. The van der Waals surface area contributed by atoms with Gasteiger partial charge < -0.3 is 14.5 Å². The van der Waals surface area contributed by atoms with Gasteiger partial charge >= 0.3 is 0 Å². The Hall–Kier alpha value is -2.97. The maximum atomic E-state index is 12.6. The fourth-order valence-corrected chi connectivity index (χ4v) is 4.11. The molecule has 27 heavy (non-hydrogen) atoms. The molecule has 0 saturated carbocycles. The zero-order valence-corrected chi connectivity index (χ0v) is 16.2. The average Bonchev–Trinajstić information content (AvgIpc) is 3.04. The third-order valence-corrected chi connectivity index (χ3v) is 5.48. The molecule has 136 valence electrons. The zero-order valence-electron chi connectivity index (χ0n) is 14.6. The predicted octanol–water partition coefficient (Wildman–Crippen LogP) is 4.19. The molecule has 0 atom stereocenters. The smallest absolute Gasteiger partial charge is 0.270 e. The molecule has 4 rings (SSSR count). The molecule has 1 N–H and O–H groups in total. The molecular formula is C19H15N3O3S2. The summed E-state index contributed by atoms with van der Waals surface area (Å²) in [5.41, 5.74) is 1.88. The van der Waals surface area contributed by atoms with Crippen molar-refractivity contribution in [3.63, 3.8) is 0 Å². The van der Waals surface area contributed by atoms with Gasteiger partial charge in [-0.1, -0.05) is 29.5 Å². The summed E-state index contributed by atoms with van der Waals surface area (Å²) in [6.07, 6.45) is 0. The Morgan fingerprint density at radius 1 is 1.07 bits per heavy atom. The van der Waals surface area contributed by atoms with Crippen molar-refractivity contribution in [3.8, 4) is 28.6 Å². The summed E-state index contributed by atoms with van der Waals surface area (Å²) >= 11 is 6.72. The SMILES string of the molecule is COc1ccc(-c2nc3c(sc(=S)n3-c3ccccc3)c(=O)[nH]2)cc1OC. The average molecular weight is 397 g/mol. The lowest BCUT2D eigenvalue weighted by molar-refractivity contribution is 0.355. The molecule has 0 unspecified atom stereocenters. The first-order chi connectivity index (χ1) is 13.1. The molecule has 2 aromatic carbocycles. The molecule has 2 aromatic heterocycles. The molecular weight excluding hydrogens is 382 g/mol. The number of thiazole rings is 1. The van der Waals surface area contributed by atoms with E-state index in [2.05, 4.69) is 9.97 Å². The van der Waals surface area contributed by atoms with E-state index in [1.807, 2.05) is 41.0 Å². The molecule has 0 spiro atoms. The molecule has 0 aliphatic heterocycles. The third-order valence-electron chi connectivity index (χ3n) is 4.11. The van der Waals surface area contributed by atoms with Gasteiger partial charge in [0.25, 0.3) is 5.56 Å². The Morgan fingerprint density at radius 3 is 2.52 bits per heavy atom. The van der Waals surface area contributed by atoms with Crippen molar-refractivity contribution < 1.29 is 9.47 Å². The number of benzene rings is 2. The Morgan fingerprint density at radius 2 is 1.81 bits per heavy atom. The van der Waals surface area contributed by atoms with Gasteiger partial charge in [-0.25, -0.2) is 4.98 Å². The van der Waals surface area contributed by atoms with Gasteiger partial charge in [0.2, 0.25) is 0 Å². The Labute approximate surface area is 163 Å². The second-order valence-electron chi connectivity index (χ2n) is 5.68. The highest BCUT2D eigenvalue weighted by molar-refractivity contribution is 7.73. The number of para-hydroxylation sites is 1. The lowest BCUT2D eigenvalue weighted by Gasteiger charge is -2.09. The topological polar surface area (TPSA) is 69.1 Å². The quantitative estimate of drug-likeness (QED) is 0.523. The minimum absolute atomic E-state index is 0.226. The van der Waals surface area contributed by atoms with E-state index >= 15 is 0 Å². The van der Waals surface area contributed by atoms with Crippen LogP contribution < -0.4 is 15.0 Å². The van der Waals surface area contributed by atoms with Crippen LogP contribution in [0, 0.1) is 3.95 Å². The highest BCUT2D eigenvalue weighted by atomic mass is 32.1. The molecule has 0 aliphatic carbocycles. The number of hydrogen-bond donors (Lipinski definition) is 1. The van der Waals surface area contributed by atoms with Gasteiger partial charge in [-0.15, -0.1) is 0 Å². The van der Waals surface area contributed by atoms with Crippen molar-refractivity contribution in [1.82, 2.24) is 14.5 Å². The first kappa shape index (κ1) is 17.4. The van der Waals surface area contributed by atoms with E-state index in [1.165, 1.54) is 11.3 Å². The number of fused-ring (bicyclic) bond motifs is 1. The van der Waals surface area contributed by atoms with Gasteiger partial charge in [0, 0.05) is 11.3 Å². The standard InChI is InChI=1S/C19H15N3O3S2/c1-24-13-9-8-11(10-14(13)25-2)16-20-17-15(18(23)21-16)27-19(26)22(17)12-6-4-3-5-7-12/h3-10H,1-2H3,(H,20,21,23). The maximum Gasteiger partial charge on any atom is 0.270 e.